The number of hydrogen-bond donors (Lipinski definition) is 4. The highest BCUT2D eigenvalue weighted by molar-refractivity contribution is 8.17. The molecule has 2 aliphatic heterocycles. The predicted octanol–water partition coefficient (Wildman–Crippen LogP) is 2.51. The molecule has 1 aromatic rings. The van der Waals surface area contributed by atoms with Gasteiger partial charge < -0.3 is 20.3 Å². The first-order valence-electron chi connectivity index (χ1n) is 11.5. The average molecular weight is 508 g/mol. The van der Waals surface area contributed by atoms with Crippen molar-refractivity contribution in [2.45, 2.75) is 43.2 Å². The summed E-state index contributed by atoms with van der Waals surface area (Å²) in [6.45, 7) is 9.01. The van der Waals surface area contributed by atoms with Gasteiger partial charge in [-0.3, -0.25) is 20.2 Å². The molecule has 0 saturated carbocycles. The molecule has 0 aliphatic carbocycles. The van der Waals surface area contributed by atoms with Crippen molar-refractivity contribution < 1.29 is 14.3 Å². The van der Waals surface area contributed by atoms with E-state index in [0.717, 1.165) is 18.8 Å². The summed E-state index contributed by atoms with van der Waals surface area (Å²) < 4.78 is 6.48. The number of hydrogen-bond acceptors (Lipinski definition) is 8. The van der Waals surface area contributed by atoms with Gasteiger partial charge in [-0.05, 0) is 43.8 Å². The minimum absolute atomic E-state index is 0.0750. The second-order valence-corrected chi connectivity index (χ2v) is 12.6. The van der Waals surface area contributed by atoms with E-state index in [4.69, 9.17) is 4.74 Å². The molecular weight excluding hydrogens is 470 g/mol. The maximum Gasteiger partial charge on any atom is 0.253 e. The largest absolute Gasteiger partial charge is 0.357 e. The van der Waals surface area contributed by atoms with Crippen molar-refractivity contribution in [3.05, 3.63) is 42.0 Å². The van der Waals surface area contributed by atoms with Gasteiger partial charge in [0.05, 0.1) is 10.7 Å². The molecule has 1 aromatic carbocycles. The summed E-state index contributed by atoms with van der Waals surface area (Å²) >= 11 is 3.56. The van der Waals surface area contributed by atoms with Crippen LogP contribution in [0.15, 0.2) is 36.4 Å². The number of rotatable bonds is 9. The van der Waals surface area contributed by atoms with Crippen LogP contribution in [-0.2, 0) is 9.53 Å². The van der Waals surface area contributed by atoms with Gasteiger partial charge in [-0.25, -0.2) is 0 Å². The maximum absolute atomic E-state index is 12.6. The van der Waals surface area contributed by atoms with Crippen LogP contribution in [0.4, 0.5) is 5.69 Å². The number of ether oxygens (including phenoxy) is 1. The second-order valence-electron chi connectivity index (χ2n) is 9.78. The predicted molar refractivity (Wildman–Crippen MR) is 142 cm³/mol. The SMILES string of the molecule is CN(C)C/C=C/C(=O)Nc1ccc(C(=O)NC2NCC(SCC3NCC(C(C)(C)C)O3)S2)cc1. The third-order valence-electron chi connectivity index (χ3n) is 5.43. The standard InChI is InChI=1S/C24H37N5O3S2/c1-24(2,3)18-13-25-20(32-18)15-33-21-14-26-23(34-21)28-22(31)16-8-10-17(11-9-16)27-19(30)7-6-12-29(4)5/h6-11,18,20-21,23,25-26H,12-15H2,1-5H3,(H,27,30)(H,28,31)/b7-6+. The molecule has 4 unspecified atom stereocenters. The van der Waals surface area contributed by atoms with Crippen LogP contribution in [0.1, 0.15) is 31.1 Å². The highest BCUT2D eigenvalue weighted by Gasteiger charge is 2.34. The fourth-order valence-corrected chi connectivity index (χ4v) is 5.98. The van der Waals surface area contributed by atoms with Crippen molar-refractivity contribution in [1.82, 2.24) is 20.9 Å². The molecule has 188 valence electrons. The first-order chi connectivity index (χ1) is 16.1. The van der Waals surface area contributed by atoms with Crippen LogP contribution in [0.25, 0.3) is 0 Å². The fraction of sp³-hybridized carbons (Fsp3) is 0.583. The Balaban J connectivity index is 1.38. The van der Waals surface area contributed by atoms with E-state index < -0.39 is 0 Å². The molecule has 0 radical (unpaired) electrons. The molecule has 10 heteroatoms. The number of thioether (sulfide) groups is 2. The molecule has 3 rings (SSSR count). The van der Waals surface area contributed by atoms with Crippen LogP contribution < -0.4 is 21.3 Å². The summed E-state index contributed by atoms with van der Waals surface area (Å²) in [4.78, 5) is 26.6. The van der Waals surface area contributed by atoms with E-state index in [9.17, 15) is 9.59 Å². The van der Waals surface area contributed by atoms with Crippen molar-refractivity contribution in [2.75, 3.05) is 44.8 Å². The summed E-state index contributed by atoms with van der Waals surface area (Å²) in [5.74, 6) is 0.541. The molecule has 0 bridgehead atoms. The Morgan fingerprint density at radius 2 is 1.94 bits per heavy atom. The van der Waals surface area contributed by atoms with Gasteiger partial charge >= 0.3 is 0 Å². The zero-order valence-electron chi connectivity index (χ0n) is 20.6. The van der Waals surface area contributed by atoms with E-state index in [1.807, 2.05) is 30.8 Å². The number of carbonyl (C=O) groups excluding carboxylic acids is 2. The zero-order chi connectivity index (χ0) is 24.7. The van der Waals surface area contributed by atoms with Gasteiger partial charge in [-0.2, -0.15) is 0 Å². The first-order valence-corrected chi connectivity index (χ1v) is 13.5. The lowest BCUT2D eigenvalue weighted by atomic mass is 9.89. The summed E-state index contributed by atoms with van der Waals surface area (Å²) in [5.41, 5.74) is 1.21. The number of carbonyl (C=O) groups is 2. The molecule has 2 amide bonds. The molecule has 0 spiro atoms. The minimum Gasteiger partial charge on any atom is -0.357 e. The van der Waals surface area contributed by atoms with Crippen LogP contribution in [0.5, 0.6) is 0 Å². The van der Waals surface area contributed by atoms with Crippen molar-refractivity contribution >= 4 is 41.0 Å². The molecule has 0 aromatic heterocycles. The Morgan fingerprint density at radius 1 is 1.21 bits per heavy atom. The van der Waals surface area contributed by atoms with Crippen LogP contribution in [0, 0.1) is 5.41 Å². The van der Waals surface area contributed by atoms with E-state index in [0.29, 0.717) is 22.4 Å². The van der Waals surface area contributed by atoms with Crippen LogP contribution >= 0.6 is 23.5 Å². The number of likely N-dealkylation sites (N-methyl/N-ethyl adjacent to an activating group) is 1. The van der Waals surface area contributed by atoms with Crippen LogP contribution in [0.3, 0.4) is 0 Å². The highest BCUT2D eigenvalue weighted by Crippen LogP contribution is 2.33. The number of benzene rings is 1. The first kappa shape index (κ1) is 27.0. The van der Waals surface area contributed by atoms with Gasteiger partial charge in [-0.1, -0.05) is 26.8 Å². The molecule has 34 heavy (non-hydrogen) atoms. The van der Waals surface area contributed by atoms with Gasteiger partial charge in [0.2, 0.25) is 5.91 Å². The third-order valence-corrected chi connectivity index (χ3v) is 8.24. The minimum atomic E-state index is -0.193. The van der Waals surface area contributed by atoms with E-state index in [1.54, 1.807) is 42.1 Å². The Hall–Kier alpha value is -1.56. The molecule has 4 atom stereocenters. The second kappa shape index (κ2) is 12.4. The maximum atomic E-state index is 12.6. The van der Waals surface area contributed by atoms with Gasteiger partial charge in [0.1, 0.15) is 11.7 Å². The summed E-state index contributed by atoms with van der Waals surface area (Å²) in [5, 5.41) is 12.6. The van der Waals surface area contributed by atoms with E-state index in [2.05, 4.69) is 42.0 Å². The van der Waals surface area contributed by atoms with E-state index in [-0.39, 0.29) is 35.1 Å². The van der Waals surface area contributed by atoms with Crippen LogP contribution in [0.2, 0.25) is 0 Å². The van der Waals surface area contributed by atoms with Crippen molar-refractivity contribution in [3.8, 4) is 0 Å². The van der Waals surface area contributed by atoms with Crippen molar-refractivity contribution in [1.29, 1.82) is 0 Å². The Kier molecular flexibility index (Phi) is 9.87. The molecule has 2 saturated heterocycles. The monoisotopic (exact) mass is 507 g/mol. The molecule has 2 fully saturated rings. The smallest absolute Gasteiger partial charge is 0.253 e. The number of anilines is 1. The summed E-state index contributed by atoms with van der Waals surface area (Å²) in [6, 6.07) is 6.91. The topological polar surface area (TPSA) is 94.7 Å². The quantitative estimate of drug-likeness (QED) is 0.379. The van der Waals surface area contributed by atoms with E-state index >= 15 is 0 Å². The molecule has 2 aliphatic rings. The van der Waals surface area contributed by atoms with Gasteiger partial charge in [0.15, 0.2) is 0 Å². The molecule has 8 nitrogen and oxygen atoms in total. The number of amides is 2. The highest BCUT2D eigenvalue weighted by atomic mass is 32.2. The van der Waals surface area contributed by atoms with Gasteiger partial charge in [-0.15, -0.1) is 23.5 Å². The Labute approximate surface area is 211 Å². The lowest BCUT2D eigenvalue weighted by Crippen LogP contribution is -2.39. The van der Waals surface area contributed by atoms with E-state index in [1.165, 1.54) is 6.08 Å². The fourth-order valence-electron chi connectivity index (χ4n) is 3.43. The summed E-state index contributed by atoms with van der Waals surface area (Å²) in [6.07, 6.45) is 3.62. The van der Waals surface area contributed by atoms with Crippen LogP contribution in [-0.4, -0.2) is 78.6 Å². The normalized spacial score (nSPS) is 25.2. The average Bonchev–Trinajstić information content (AvgIpc) is 3.42. The summed E-state index contributed by atoms with van der Waals surface area (Å²) in [7, 11) is 3.88. The lowest BCUT2D eigenvalue weighted by Gasteiger charge is -2.25. The third kappa shape index (κ3) is 8.58. The number of nitrogens with zero attached hydrogens (tertiary/aromatic N) is 1. The Morgan fingerprint density at radius 3 is 2.59 bits per heavy atom. The van der Waals surface area contributed by atoms with Crippen molar-refractivity contribution in [3.63, 3.8) is 0 Å². The van der Waals surface area contributed by atoms with Gasteiger partial charge in [0.25, 0.3) is 5.91 Å². The molecular formula is C24H37N5O3S2. The van der Waals surface area contributed by atoms with Crippen molar-refractivity contribution in [2.24, 2.45) is 5.41 Å². The Bertz CT molecular complexity index is 857. The molecule has 2 heterocycles. The molecule has 4 N–H and O–H groups in total. The number of nitrogens with one attached hydrogen (secondary N) is 4. The van der Waals surface area contributed by atoms with Gasteiger partial charge in [0, 0.05) is 42.7 Å². The lowest BCUT2D eigenvalue weighted by molar-refractivity contribution is -0.111. The zero-order valence-corrected chi connectivity index (χ0v) is 22.2.